The highest BCUT2D eigenvalue weighted by Crippen LogP contribution is 2.24. The molecule has 1 heterocycles. The molecule has 0 amide bonds. The van der Waals surface area contributed by atoms with Crippen LogP contribution in [0.25, 0.3) is 0 Å². The van der Waals surface area contributed by atoms with E-state index in [1.807, 2.05) is 32.0 Å². The molecule has 2 N–H and O–H groups in total. The van der Waals surface area contributed by atoms with Gasteiger partial charge >= 0.3 is 0 Å². The van der Waals surface area contributed by atoms with Crippen LogP contribution >= 0.6 is 24.0 Å². The van der Waals surface area contributed by atoms with Gasteiger partial charge < -0.3 is 20.1 Å². The Morgan fingerprint density at radius 3 is 2.76 bits per heavy atom. The summed E-state index contributed by atoms with van der Waals surface area (Å²) in [5.74, 6) is 1.27. The molecule has 0 bridgehead atoms. The molecule has 3 rings (SSSR count). The highest BCUT2D eigenvalue weighted by atomic mass is 127. The summed E-state index contributed by atoms with van der Waals surface area (Å²) >= 11 is 0. The van der Waals surface area contributed by atoms with Crippen molar-refractivity contribution >= 4 is 29.9 Å². The zero-order chi connectivity index (χ0) is 19.8. The minimum absolute atomic E-state index is 0. The SMILES string of the molecule is CCNC(=NCc1ccc(C)cc1OC1CCOC1)NCc1ccccc1F.I. The second kappa shape index (κ2) is 12.0. The second-order valence-electron chi connectivity index (χ2n) is 6.85. The third-order valence-corrected chi connectivity index (χ3v) is 4.56. The van der Waals surface area contributed by atoms with E-state index < -0.39 is 0 Å². The zero-order valence-electron chi connectivity index (χ0n) is 16.9. The van der Waals surface area contributed by atoms with E-state index in [4.69, 9.17) is 9.47 Å². The smallest absolute Gasteiger partial charge is 0.191 e. The van der Waals surface area contributed by atoms with E-state index in [0.717, 1.165) is 36.4 Å². The summed E-state index contributed by atoms with van der Waals surface area (Å²) in [5, 5.41) is 6.39. The Bertz CT molecular complexity index is 810. The van der Waals surface area contributed by atoms with Crippen molar-refractivity contribution in [3.63, 3.8) is 0 Å². The molecule has 2 aromatic rings. The van der Waals surface area contributed by atoms with Crippen LogP contribution in [0.4, 0.5) is 4.39 Å². The van der Waals surface area contributed by atoms with Gasteiger partial charge in [0, 0.05) is 30.6 Å². The van der Waals surface area contributed by atoms with E-state index in [-0.39, 0.29) is 35.9 Å². The van der Waals surface area contributed by atoms with Crippen LogP contribution in [0.5, 0.6) is 5.75 Å². The Labute approximate surface area is 189 Å². The average Bonchev–Trinajstić information content (AvgIpc) is 3.19. The monoisotopic (exact) mass is 513 g/mol. The Morgan fingerprint density at radius 2 is 2.03 bits per heavy atom. The van der Waals surface area contributed by atoms with Gasteiger partial charge in [0.1, 0.15) is 17.7 Å². The standard InChI is InChI=1S/C22H28FN3O2.HI/c1-3-24-22(25-13-17-6-4-5-7-20(17)23)26-14-18-9-8-16(2)12-21(18)28-19-10-11-27-15-19;/h4-9,12,19H,3,10-11,13-15H2,1-2H3,(H2,24,25,26);1H. The summed E-state index contributed by atoms with van der Waals surface area (Å²) in [7, 11) is 0. The molecule has 0 aliphatic carbocycles. The number of aliphatic imine (C=N–C) groups is 1. The number of halogens is 2. The predicted molar refractivity (Wildman–Crippen MR) is 125 cm³/mol. The Hall–Kier alpha value is -1.87. The second-order valence-corrected chi connectivity index (χ2v) is 6.85. The van der Waals surface area contributed by atoms with E-state index in [1.165, 1.54) is 6.07 Å². The Balaban J connectivity index is 0.00000300. The lowest BCUT2D eigenvalue weighted by Crippen LogP contribution is -2.37. The van der Waals surface area contributed by atoms with Crippen LogP contribution in [-0.2, 0) is 17.8 Å². The summed E-state index contributed by atoms with van der Waals surface area (Å²) in [4.78, 5) is 4.65. The molecule has 1 aliphatic heterocycles. The number of hydrogen-bond acceptors (Lipinski definition) is 3. The lowest BCUT2D eigenvalue weighted by molar-refractivity contribution is 0.140. The fourth-order valence-electron chi connectivity index (χ4n) is 3.01. The summed E-state index contributed by atoms with van der Waals surface area (Å²) < 4.78 is 25.4. The number of benzene rings is 2. The normalized spacial score (nSPS) is 16.2. The molecule has 0 spiro atoms. The number of guanidine groups is 1. The van der Waals surface area contributed by atoms with Gasteiger partial charge in [0.15, 0.2) is 5.96 Å². The maximum absolute atomic E-state index is 13.8. The molecule has 7 heteroatoms. The Kier molecular flexibility index (Phi) is 9.66. The first-order chi connectivity index (χ1) is 13.7. The van der Waals surface area contributed by atoms with Crippen LogP contribution in [0.2, 0.25) is 0 Å². The molecule has 1 saturated heterocycles. The molecule has 1 unspecified atom stereocenters. The van der Waals surface area contributed by atoms with Crippen LogP contribution < -0.4 is 15.4 Å². The molecule has 0 aromatic heterocycles. The maximum atomic E-state index is 13.8. The van der Waals surface area contributed by atoms with Gasteiger partial charge in [-0.15, -0.1) is 24.0 Å². The molecule has 0 radical (unpaired) electrons. The number of nitrogens with one attached hydrogen (secondary N) is 2. The largest absolute Gasteiger partial charge is 0.488 e. The van der Waals surface area contributed by atoms with E-state index in [9.17, 15) is 4.39 Å². The van der Waals surface area contributed by atoms with Crippen LogP contribution in [0.1, 0.15) is 30.0 Å². The van der Waals surface area contributed by atoms with E-state index in [0.29, 0.717) is 31.2 Å². The van der Waals surface area contributed by atoms with Crippen LogP contribution in [0.15, 0.2) is 47.5 Å². The van der Waals surface area contributed by atoms with E-state index in [2.05, 4.69) is 21.7 Å². The topological polar surface area (TPSA) is 54.9 Å². The quantitative estimate of drug-likeness (QED) is 0.332. The van der Waals surface area contributed by atoms with Gasteiger partial charge in [-0.25, -0.2) is 9.38 Å². The lowest BCUT2D eigenvalue weighted by Gasteiger charge is -2.16. The van der Waals surface area contributed by atoms with Crippen molar-refractivity contribution < 1.29 is 13.9 Å². The van der Waals surface area contributed by atoms with Gasteiger partial charge in [-0.3, -0.25) is 0 Å². The molecule has 1 atom stereocenters. The Morgan fingerprint density at radius 1 is 1.21 bits per heavy atom. The van der Waals surface area contributed by atoms with Gasteiger partial charge in [0.25, 0.3) is 0 Å². The first kappa shape index (κ1) is 23.4. The number of rotatable bonds is 7. The zero-order valence-corrected chi connectivity index (χ0v) is 19.2. The molecule has 158 valence electrons. The van der Waals surface area contributed by atoms with Crippen LogP contribution in [-0.4, -0.2) is 31.8 Å². The van der Waals surface area contributed by atoms with Crippen molar-refractivity contribution in [1.82, 2.24) is 10.6 Å². The van der Waals surface area contributed by atoms with Crippen molar-refractivity contribution in [2.75, 3.05) is 19.8 Å². The minimum atomic E-state index is -0.223. The summed E-state index contributed by atoms with van der Waals surface area (Å²) in [6.07, 6.45) is 1.00. The summed E-state index contributed by atoms with van der Waals surface area (Å²) in [5.41, 5.74) is 2.76. The lowest BCUT2D eigenvalue weighted by atomic mass is 10.1. The maximum Gasteiger partial charge on any atom is 0.191 e. The first-order valence-corrected chi connectivity index (χ1v) is 9.75. The molecule has 1 aliphatic rings. The van der Waals surface area contributed by atoms with E-state index in [1.54, 1.807) is 12.1 Å². The number of hydrogen-bond donors (Lipinski definition) is 2. The van der Waals surface area contributed by atoms with Gasteiger partial charge in [-0.2, -0.15) is 0 Å². The van der Waals surface area contributed by atoms with Crippen LogP contribution in [0.3, 0.4) is 0 Å². The number of nitrogens with zero attached hydrogens (tertiary/aromatic N) is 1. The third-order valence-electron chi connectivity index (χ3n) is 4.56. The van der Waals surface area contributed by atoms with Crippen LogP contribution in [0, 0.1) is 12.7 Å². The highest BCUT2D eigenvalue weighted by Gasteiger charge is 2.18. The number of aryl methyl sites for hydroxylation is 1. The molecule has 29 heavy (non-hydrogen) atoms. The summed E-state index contributed by atoms with van der Waals surface area (Å²) in [6.45, 7) is 6.98. The molecule has 2 aromatic carbocycles. The molecule has 0 saturated carbocycles. The molecular formula is C22H29FIN3O2. The fourth-order valence-corrected chi connectivity index (χ4v) is 3.01. The van der Waals surface area contributed by atoms with Crippen molar-refractivity contribution in [1.29, 1.82) is 0 Å². The third kappa shape index (κ3) is 7.15. The minimum Gasteiger partial charge on any atom is -0.488 e. The van der Waals surface area contributed by atoms with Gasteiger partial charge in [-0.1, -0.05) is 30.3 Å². The van der Waals surface area contributed by atoms with E-state index >= 15 is 0 Å². The van der Waals surface area contributed by atoms with Gasteiger partial charge in [0.2, 0.25) is 0 Å². The average molecular weight is 513 g/mol. The van der Waals surface area contributed by atoms with Crippen molar-refractivity contribution in [2.45, 2.75) is 39.5 Å². The van der Waals surface area contributed by atoms with Crippen molar-refractivity contribution in [3.8, 4) is 5.75 Å². The van der Waals surface area contributed by atoms with Crippen molar-refractivity contribution in [2.24, 2.45) is 4.99 Å². The fraction of sp³-hybridized carbons (Fsp3) is 0.409. The highest BCUT2D eigenvalue weighted by molar-refractivity contribution is 14.0. The summed E-state index contributed by atoms with van der Waals surface area (Å²) in [6, 6.07) is 12.9. The molecule has 1 fully saturated rings. The van der Waals surface area contributed by atoms with Crippen molar-refractivity contribution in [3.05, 3.63) is 65.0 Å². The first-order valence-electron chi connectivity index (χ1n) is 9.75. The number of ether oxygens (including phenoxy) is 2. The molecular weight excluding hydrogens is 484 g/mol. The molecule has 5 nitrogen and oxygen atoms in total. The van der Waals surface area contributed by atoms with Gasteiger partial charge in [-0.05, 0) is 31.5 Å². The predicted octanol–water partition coefficient (Wildman–Crippen LogP) is 4.18. The van der Waals surface area contributed by atoms with Gasteiger partial charge in [0.05, 0.1) is 19.8 Å².